The molecule has 0 spiro atoms. The van der Waals surface area contributed by atoms with Crippen LogP contribution in [0, 0.1) is 0 Å². The van der Waals surface area contributed by atoms with E-state index in [2.05, 4.69) is 20.4 Å². The number of amides is 2. The molecule has 4 rings (SSSR count). The van der Waals surface area contributed by atoms with Gasteiger partial charge in [-0.15, -0.1) is 5.10 Å². The Balaban J connectivity index is 1.34. The molecule has 2 heterocycles. The molecule has 2 aliphatic rings. The Kier molecular flexibility index (Phi) is 5.60. The summed E-state index contributed by atoms with van der Waals surface area (Å²) in [5.74, 6) is 1.12. The van der Waals surface area contributed by atoms with Gasteiger partial charge in [0.1, 0.15) is 0 Å². The van der Waals surface area contributed by atoms with Gasteiger partial charge in [0.15, 0.2) is 5.82 Å². The maximum atomic E-state index is 12.8. The number of benzene rings is 1. The summed E-state index contributed by atoms with van der Waals surface area (Å²) in [6.45, 7) is 1.70. The molecule has 1 aliphatic carbocycles. The molecular weight excluding hydrogens is 397 g/mol. The first-order valence-corrected chi connectivity index (χ1v) is 10.3. The van der Waals surface area contributed by atoms with Crippen LogP contribution in [0.2, 0.25) is 10.0 Å². The predicted molar refractivity (Wildman–Crippen MR) is 111 cm³/mol. The quantitative estimate of drug-likeness (QED) is 0.814. The van der Waals surface area contributed by atoms with E-state index in [9.17, 15) is 4.79 Å². The molecule has 0 radical (unpaired) electrons. The summed E-state index contributed by atoms with van der Waals surface area (Å²) in [4.78, 5) is 16.8. The van der Waals surface area contributed by atoms with E-state index in [1.807, 2.05) is 36.2 Å². The highest BCUT2D eigenvalue weighted by Crippen LogP contribution is 2.44. The fourth-order valence-electron chi connectivity index (χ4n) is 3.87. The Bertz CT molecular complexity index is 850. The summed E-state index contributed by atoms with van der Waals surface area (Å²) in [6.07, 6.45) is 4.57. The molecule has 28 heavy (non-hydrogen) atoms. The first-order chi connectivity index (χ1) is 13.5. The molecule has 148 valence electrons. The number of hydrogen-bond acceptors (Lipinski definition) is 4. The van der Waals surface area contributed by atoms with Crippen molar-refractivity contribution in [2.45, 2.75) is 37.3 Å². The number of carbonyl (C=O) groups excluding carboxylic acids is 1. The van der Waals surface area contributed by atoms with E-state index < -0.39 is 0 Å². The number of nitrogens with zero attached hydrogens (tertiary/aromatic N) is 4. The van der Waals surface area contributed by atoms with Crippen LogP contribution in [0.25, 0.3) is 0 Å². The monoisotopic (exact) mass is 419 g/mol. The van der Waals surface area contributed by atoms with Crippen LogP contribution in [-0.2, 0) is 0 Å². The van der Waals surface area contributed by atoms with E-state index in [0.29, 0.717) is 10.0 Å². The van der Waals surface area contributed by atoms with E-state index in [1.165, 1.54) is 0 Å². The third-order valence-corrected chi connectivity index (χ3v) is 6.17. The maximum Gasteiger partial charge on any atom is 0.317 e. The van der Waals surface area contributed by atoms with Gasteiger partial charge in [0.25, 0.3) is 0 Å². The SMILES string of the molecule is CN(C(=O)NC1CC1c1ccc(Cl)cc1Cl)[C@@H]1CCCN(c2cccnn2)C1. The molecule has 1 aromatic carbocycles. The van der Waals surface area contributed by atoms with Crippen LogP contribution in [0.3, 0.4) is 0 Å². The molecule has 2 fully saturated rings. The highest BCUT2D eigenvalue weighted by atomic mass is 35.5. The van der Waals surface area contributed by atoms with Gasteiger partial charge in [-0.25, -0.2) is 4.79 Å². The average Bonchev–Trinajstić information content (AvgIpc) is 3.46. The second kappa shape index (κ2) is 8.13. The maximum absolute atomic E-state index is 12.8. The van der Waals surface area contributed by atoms with Crippen molar-refractivity contribution in [2.24, 2.45) is 0 Å². The predicted octanol–water partition coefficient (Wildman–Crippen LogP) is 3.95. The number of likely N-dealkylation sites (N-methyl/N-ethyl adjacent to an activating group) is 1. The number of piperidine rings is 1. The lowest BCUT2D eigenvalue weighted by Gasteiger charge is -2.38. The van der Waals surface area contributed by atoms with Gasteiger partial charge in [0.05, 0.1) is 6.04 Å². The van der Waals surface area contributed by atoms with Crippen molar-refractivity contribution in [3.8, 4) is 0 Å². The van der Waals surface area contributed by atoms with Gasteiger partial charge in [-0.05, 0) is 49.1 Å². The molecule has 1 aliphatic heterocycles. The summed E-state index contributed by atoms with van der Waals surface area (Å²) in [6, 6.07) is 9.62. The van der Waals surface area contributed by atoms with E-state index in [1.54, 1.807) is 12.3 Å². The van der Waals surface area contributed by atoms with Crippen molar-refractivity contribution >= 4 is 35.1 Å². The molecule has 6 nitrogen and oxygen atoms in total. The highest BCUT2D eigenvalue weighted by molar-refractivity contribution is 6.35. The summed E-state index contributed by atoms with van der Waals surface area (Å²) >= 11 is 12.3. The molecular formula is C20H23Cl2N5O. The zero-order chi connectivity index (χ0) is 19.7. The smallest absolute Gasteiger partial charge is 0.317 e. The number of hydrogen-bond donors (Lipinski definition) is 1. The summed E-state index contributed by atoms with van der Waals surface area (Å²) in [5, 5.41) is 12.6. The van der Waals surface area contributed by atoms with Gasteiger partial charge < -0.3 is 15.1 Å². The molecule has 1 saturated carbocycles. The van der Waals surface area contributed by atoms with Crippen LogP contribution in [-0.4, -0.2) is 53.3 Å². The number of rotatable bonds is 4. The Morgan fingerprint density at radius 2 is 2.18 bits per heavy atom. The number of aromatic nitrogens is 2. The Hall–Kier alpha value is -2.05. The van der Waals surface area contributed by atoms with Crippen LogP contribution in [0.5, 0.6) is 0 Å². The van der Waals surface area contributed by atoms with Gasteiger partial charge in [-0.3, -0.25) is 0 Å². The fourth-order valence-corrected chi connectivity index (χ4v) is 4.42. The number of urea groups is 1. The minimum Gasteiger partial charge on any atom is -0.353 e. The molecule has 2 unspecified atom stereocenters. The molecule has 1 saturated heterocycles. The number of anilines is 1. The normalized spacial score (nSPS) is 24.0. The van der Waals surface area contributed by atoms with Gasteiger partial charge in [-0.2, -0.15) is 5.10 Å². The molecule has 0 bridgehead atoms. The standard InChI is InChI=1S/C20H23Cl2N5O/c1-26(14-4-3-9-27(12-14)19-5-2-8-23-25-19)20(28)24-18-11-16(18)15-7-6-13(21)10-17(15)22/h2,5-8,10,14,16,18H,3-4,9,11-12H2,1H3,(H,24,28)/t14-,16?,18?/m1/s1. The fraction of sp³-hybridized carbons (Fsp3) is 0.450. The Labute approximate surface area is 174 Å². The number of halogens is 2. The zero-order valence-electron chi connectivity index (χ0n) is 15.7. The largest absolute Gasteiger partial charge is 0.353 e. The van der Waals surface area contributed by atoms with E-state index in [-0.39, 0.29) is 24.0 Å². The Morgan fingerprint density at radius 1 is 1.32 bits per heavy atom. The van der Waals surface area contributed by atoms with Gasteiger partial charge in [0.2, 0.25) is 0 Å². The minimum absolute atomic E-state index is 0.0384. The van der Waals surface area contributed by atoms with Gasteiger partial charge >= 0.3 is 6.03 Å². The molecule has 2 amide bonds. The average molecular weight is 420 g/mol. The second-order valence-corrected chi connectivity index (χ2v) is 8.34. The van der Waals surface area contributed by atoms with Crippen molar-refractivity contribution in [2.75, 3.05) is 25.0 Å². The van der Waals surface area contributed by atoms with Crippen LogP contribution in [0.4, 0.5) is 10.6 Å². The van der Waals surface area contributed by atoms with Crippen molar-refractivity contribution in [3.05, 3.63) is 52.1 Å². The van der Waals surface area contributed by atoms with Crippen molar-refractivity contribution in [1.82, 2.24) is 20.4 Å². The Morgan fingerprint density at radius 3 is 2.93 bits per heavy atom. The lowest BCUT2D eigenvalue weighted by Crippen LogP contribution is -2.52. The summed E-state index contributed by atoms with van der Waals surface area (Å²) in [7, 11) is 1.87. The summed E-state index contributed by atoms with van der Waals surface area (Å²) < 4.78 is 0. The first kappa shape index (κ1) is 19.3. The number of nitrogens with one attached hydrogen (secondary N) is 1. The molecule has 1 N–H and O–H groups in total. The van der Waals surface area contributed by atoms with E-state index >= 15 is 0 Å². The lowest BCUT2D eigenvalue weighted by molar-refractivity contribution is 0.182. The van der Waals surface area contributed by atoms with Crippen molar-refractivity contribution < 1.29 is 4.79 Å². The first-order valence-electron chi connectivity index (χ1n) is 9.54. The molecule has 8 heteroatoms. The molecule has 2 aromatic rings. The molecule has 1 aromatic heterocycles. The highest BCUT2D eigenvalue weighted by Gasteiger charge is 2.41. The lowest BCUT2D eigenvalue weighted by atomic mass is 10.0. The topological polar surface area (TPSA) is 61.4 Å². The van der Waals surface area contributed by atoms with Crippen LogP contribution in [0.1, 0.15) is 30.7 Å². The van der Waals surface area contributed by atoms with E-state index in [4.69, 9.17) is 23.2 Å². The minimum atomic E-state index is -0.0384. The number of carbonyl (C=O) groups is 1. The second-order valence-electron chi connectivity index (χ2n) is 7.50. The molecule has 3 atom stereocenters. The van der Waals surface area contributed by atoms with Crippen molar-refractivity contribution in [3.63, 3.8) is 0 Å². The van der Waals surface area contributed by atoms with E-state index in [0.717, 1.165) is 43.7 Å². The zero-order valence-corrected chi connectivity index (χ0v) is 17.2. The third-order valence-electron chi connectivity index (χ3n) is 5.61. The van der Waals surface area contributed by atoms with Crippen LogP contribution < -0.4 is 10.2 Å². The van der Waals surface area contributed by atoms with Crippen LogP contribution >= 0.6 is 23.2 Å². The van der Waals surface area contributed by atoms with Crippen LogP contribution in [0.15, 0.2) is 36.5 Å². The van der Waals surface area contributed by atoms with Crippen molar-refractivity contribution in [1.29, 1.82) is 0 Å². The third kappa shape index (κ3) is 4.18. The van der Waals surface area contributed by atoms with Gasteiger partial charge in [-0.1, -0.05) is 29.3 Å². The van der Waals surface area contributed by atoms with Gasteiger partial charge in [0, 0.05) is 48.3 Å². The summed E-state index contributed by atoms with van der Waals surface area (Å²) in [5.41, 5.74) is 1.05.